The Morgan fingerprint density at radius 3 is 2.67 bits per heavy atom. The quantitative estimate of drug-likeness (QED) is 0.879. The maximum Gasteiger partial charge on any atom is 0.321 e. The van der Waals surface area contributed by atoms with Crippen LogP contribution in [0.4, 0.5) is 14.9 Å². The Morgan fingerprint density at radius 1 is 1.26 bits per heavy atom. The van der Waals surface area contributed by atoms with Crippen molar-refractivity contribution in [2.45, 2.75) is 25.7 Å². The van der Waals surface area contributed by atoms with Crippen molar-refractivity contribution in [1.29, 1.82) is 0 Å². The molecule has 2 aliphatic rings. The number of nitrogens with one attached hydrogen (secondary N) is 1. The van der Waals surface area contributed by atoms with Crippen molar-refractivity contribution in [3.63, 3.8) is 0 Å². The van der Waals surface area contributed by atoms with E-state index in [1.165, 1.54) is 12.1 Å². The SMILES string of the molecule is CN(C)CCN1CC2(CCC1=O)CCN(C(=O)Nc1cccc(F)c1)CC2. The summed E-state index contributed by atoms with van der Waals surface area (Å²) in [7, 11) is 4.03. The first-order valence-corrected chi connectivity index (χ1v) is 9.61. The van der Waals surface area contributed by atoms with Gasteiger partial charge in [-0.3, -0.25) is 4.79 Å². The predicted molar refractivity (Wildman–Crippen MR) is 103 cm³/mol. The minimum atomic E-state index is -0.366. The zero-order valence-corrected chi connectivity index (χ0v) is 16.2. The van der Waals surface area contributed by atoms with Crippen molar-refractivity contribution in [2.24, 2.45) is 5.41 Å². The van der Waals surface area contributed by atoms with Crippen molar-refractivity contribution in [3.8, 4) is 0 Å². The second-order valence-corrected chi connectivity index (χ2v) is 8.05. The lowest BCUT2D eigenvalue weighted by molar-refractivity contribution is -0.139. The van der Waals surface area contributed by atoms with E-state index in [0.717, 1.165) is 38.9 Å². The summed E-state index contributed by atoms with van der Waals surface area (Å²) in [5.41, 5.74) is 0.592. The number of amides is 3. The van der Waals surface area contributed by atoms with Gasteiger partial charge in [-0.05, 0) is 57.0 Å². The number of hydrogen-bond acceptors (Lipinski definition) is 3. The molecular weight excluding hydrogens is 347 g/mol. The van der Waals surface area contributed by atoms with Crippen LogP contribution in [-0.2, 0) is 4.79 Å². The fourth-order valence-electron chi connectivity index (χ4n) is 3.99. The largest absolute Gasteiger partial charge is 0.341 e. The fraction of sp³-hybridized carbons (Fsp3) is 0.600. The van der Waals surface area contributed by atoms with Gasteiger partial charge in [0.2, 0.25) is 5.91 Å². The van der Waals surface area contributed by atoms with Gasteiger partial charge in [-0.1, -0.05) is 6.07 Å². The third kappa shape index (κ3) is 4.97. The maximum absolute atomic E-state index is 13.3. The van der Waals surface area contributed by atoms with E-state index in [9.17, 15) is 14.0 Å². The highest BCUT2D eigenvalue weighted by Crippen LogP contribution is 2.40. The lowest BCUT2D eigenvalue weighted by Gasteiger charge is -2.47. The first kappa shape index (κ1) is 19.6. The number of likely N-dealkylation sites (N-methyl/N-ethyl adjacent to an activating group) is 1. The average molecular weight is 376 g/mol. The molecule has 1 spiro atoms. The zero-order valence-electron chi connectivity index (χ0n) is 16.2. The summed E-state index contributed by atoms with van der Waals surface area (Å²) in [5.74, 6) is -0.121. The highest BCUT2D eigenvalue weighted by atomic mass is 19.1. The third-order valence-electron chi connectivity index (χ3n) is 5.75. The number of likely N-dealkylation sites (tertiary alicyclic amines) is 2. The number of urea groups is 1. The Balaban J connectivity index is 1.54. The molecule has 148 valence electrons. The molecule has 0 radical (unpaired) electrons. The molecule has 2 fully saturated rings. The van der Waals surface area contributed by atoms with Gasteiger partial charge in [0.25, 0.3) is 0 Å². The number of piperidine rings is 2. The molecule has 0 aliphatic carbocycles. The van der Waals surface area contributed by atoms with E-state index < -0.39 is 0 Å². The lowest BCUT2D eigenvalue weighted by atomic mass is 9.72. The molecule has 7 heteroatoms. The molecule has 3 amide bonds. The topological polar surface area (TPSA) is 55.9 Å². The summed E-state index contributed by atoms with van der Waals surface area (Å²) in [5, 5.41) is 2.77. The van der Waals surface area contributed by atoms with Crippen LogP contribution in [0.3, 0.4) is 0 Å². The van der Waals surface area contributed by atoms with E-state index in [-0.39, 0.29) is 23.2 Å². The molecule has 1 N–H and O–H groups in total. The highest BCUT2D eigenvalue weighted by Gasteiger charge is 2.41. The normalized spacial score (nSPS) is 19.6. The van der Waals surface area contributed by atoms with E-state index in [1.54, 1.807) is 17.0 Å². The Labute approximate surface area is 160 Å². The van der Waals surface area contributed by atoms with Crippen LogP contribution in [0.25, 0.3) is 0 Å². The van der Waals surface area contributed by atoms with Gasteiger partial charge < -0.3 is 20.0 Å². The molecule has 2 aliphatic heterocycles. The van der Waals surface area contributed by atoms with Crippen molar-refractivity contribution in [3.05, 3.63) is 30.1 Å². The molecule has 0 saturated carbocycles. The van der Waals surface area contributed by atoms with E-state index in [1.807, 2.05) is 19.0 Å². The first-order valence-electron chi connectivity index (χ1n) is 9.61. The number of nitrogens with zero attached hydrogens (tertiary/aromatic N) is 3. The van der Waals surface area contributed by atoms with Crippen LogP contribution >= 0.6 is 0 Å². The second-order valence-electron chi connectivity index (χ2n) is 8.05. The van der Waals surface area contributed by atoms with E-state index >= 15 is 0 Å². The zero-order chi connectivity index (χ0) is 19.4. The predicted octanol–water partition coefficient (Wildman–Crippen LogP) is 2.62. The second kappa shape index (κ2) is 8.25. The van der Waals surface area contributed by atoms with Crippen LogP contribution in [0.1, 0.15) is 25.7 Å². The van der Waals surface area contributed by atoms with Gasteiger partial charge in [-0.25, -0.2) is 9.18 Å². The van der Waals surface area contributed by atoms with Gasteiger partial charge >= 0.3 is 6.03 Å². The molecule has 1 aromatic rings. The summed E-state index contributed by atoms with van der Waals surface area (Å²) in [6.07, 6.45) is 3.30. The molecule has 2 heterocycles. The summed E-state index contributed by atoms with van der Waals surface area (Å²) >= 11 is 0. The smallest absolute Gasteiger partial charge is 0.321 e. The van der Waals surface area contributed by atoms with Crippen LogP contribution in [-0.4, -0.2) is 73.5 Å². The standard InChI is InChI=1S/C20H29FN4O2/c1-23(2)12-13-25-15-20(7-6-18(25)26)8-10-24(11-9-20)19(27)22-17-5-3-4-16(21)14-17/h3-5,14H,6-13,15H2,1-2H3,(H,22,27). The summed E-state index contributed by atoms with van der Waals surface area (Å²) in [6, 6.07) is 5.75. The van der Waals surface area contributed by atoms with E-state index in [2.05, 4.69) is 10.2 Å². The van der Waals surface area contributed by atoms with Crippen molar-refractivity contribution in [2.75, 3.05) is 52.1 Å². The summed E-state index contributed by atoms with van der Waals surface area (Å²) in [6.45, 7) is 3.74. The molecule has 3 rings (SSSR count). The summed E-state index contributed by atoms with van der Waals surface area (Å²) < 4.78 is 13.3. The van der Waals surface area contributed by atoms with Gasteiger partial charge in [-0.15, -0.1) is 0 Å². The van der Waals surface area contributed by atoms with Gasteiger partial charge in [-0.2, -0.15) is 0 Å². The molecule has 2 saturated heterocycles. The van der Waals surface area contributed by atoms with Crippen molar-refractivity contribution < 1.29 is 14.0 Å². The highest BCUT2D eigenvalue weighted by molar-refractivity contribution is 5.89. The molecule has 0 bridgehead atoms. The van der Waals surface area contributed by atoms with Crippen LogP contribution in [0, 0.1) is 11.2 Å². The first-order chi connectivity index (χ1) is 12.9. The number of hydrogen-bond donors (Lipinski definition) is 1. The molecule has 0 unspecified atom stereocenters. The molecule has 1 aromatic carbocycles. The molecule has 27 heavy (non-hydrogen) atoms. The molecule has 0 aromatic heterocycles. The van der Waals surface area contributed by atoms with Crippen LogP contribution in [0.2, 0.25) is 0 Å². The average Bonchev–Trinajstić information content (AvgIpc) is 2.63. The van der Waals surface area contributed by atoms with Gasteiger partial charge in [0, 0.05) is 44.8 Å². The molecular formula is C20H29FN4O2. The lowest BCUT2D eigenvalue weighted by Crippen LogP contribution is -2.53. The Morgan fingerprint density at radius 2 is 2.00 bits per heavy atom. The minimum absolute atomic E-state index is 0.121. The number of benzene rings is 1. The Hall–Kier alpha value is -2.15. The number of rotatable bonds is 4. The Kier molecular flexibility index (Phi) is 5.99. The van der Waals surface area contributed by atoms with E-state index in [0.29, 0.717) is 25.2 Å². The maximum atomic E-state index is 13.3. The number of carbonyl (C=O) groups excluding carboxylic acids is 2. The van der Waals surface area contributed by atoms with Crippen LogP contribution in [0.5, 0.6) is 0 Å². The van der Waals surface area contributed by atoms with Gasteiger partial charge in [0.1, 0.15) is 5.82 Å². The monoisotopic (exact) mass is 376 g/mol. The minimum Gasteiger partial charge on any atom is -0.341 e. The van der Waals surface area contributed by atoms with Gasteiger partial charge in [0.05, 0.1) is 0 Å². The van der Waals surface area contributed by atoms with Crippen molar-refractivity contribution in [1.82, 2.24) is 14.7 Å². The third-order valence-corrected chi connectivity index (χ3v) is 5.75. The van der Waals surface area contributed by atoms with E-state index in [4.69, 9.17) is 0 Å². The fourth-order valence-corrected chi connectivity index (χ4v) is 3.99. The van der Waals surface area contributed by atoms with Gasteiger partial charge in [0.15, 0.2) is 0 Å². The van der Waals surface area contributed by atoms with Crippen molar-refractivity contribution >= 4 is 17.6 Å². The summed E-state index contributed by atoms with van der Waals surface area (Å²) in [4.78, 5) is 30.6. The molecule has 6 nitrogen and oxygen atoms in total. The molecule has 0 atom stereocenters. The Bertz CT molecular complexity index is 686. The van der Waals surface area contributed by atoms with Crippen LogP contribution in [0.15, 0.2) is 24.3 Å². The number of carbonyl (C=O) groups is 2. The number of halogens is 1. The number of anilines is 1. The van der Waals surface area contributed by atoms with Crippen LogP contribution < -0.4 is 5.32 Å².